The molecular formula is C11H21O7P. The van der Waals surface area contributed by atoms with E-state index in [2.05, 4.69) is 6.92 Å². The maximum Gasteiger partial charge on any atom is 0.480 e. The third-order valence-electron chi connectivity index (χ3n) is 3.89. The van der Waals surface area contributed by atoms with Crippen LogP contribution in [-0.4, -0.2) is 47.0 Å². The topological polar surface area (TPSA) is 105 Å². The fourth-order valence-electron chi connectivity index (χ4n) is 2.56. The van der Waals surface area contributed by atoms with E-state index < -0.39 is 44.9 Å². The molecule has 0 saturated carbocycles. The Labute approximate surface area is 112 Å². The lowest BCUT2D eigenvalue weighted by Gasteiger charge is -2.48. The van der Waals surface area contributed by atoms with E-state index in [0.717, 1.165) is 19.3 Å². The number of hydrogen-bond acceptors (Lipinski definition) is 7. The summed E-state index contributed by atoms with van der Waals surface area (Å²) in [4.78, 5) is 0. The van der Waals surface area contributed by atoms with Crippen molar-refractivity contribution in [3.63, 3.8) is 0 Å². The van der Waals surface area contributed by atoms with Crippen molar-refractivity contribution in [3.8, 4) is 0 Å². The molecular weight excluding hydrogens is 275 g/mol. The van der Waals surface area contributed by atoms with Crippen molar-refractivity contribution < 1.29 is 33.5 Å². The minimum Gasteiger partial charge on any atom is -0.395 e. The molecule has 112 valence electrons. The molecule has 2 bridgehead atoms. The lowest BCUT2D eigenvalue weighted by molar-refractivity contribution is -0.286. The van der Waals surface area contributed by atoms with E-state index >= 15 is 0 Å². The van der Waals surface area contributed by atoms with Crippen molar-refractivity contribution in [3.05, 3.63) is 0 Å². The molecule has 0 radical (unpaired) electrons. The van der Waals surface area contributed by atoms with Gasteiger partial charge in [-0.05, 0) is 6.42 Å². The maximum atomic E-state index is 11.8. The van der Waals surface area contributed by atoms with Crippen LogP contribution in [0, 0.1) is 5.41 Å². The van der Waals surface area contributed by atoms with Crippen LogP contribution in [-0.2, 0) is 18.1 Å². The van der Waals surface area contributed by atoms with Crippen LogP contribution in [0.25, 0.3) is 0 Å². The summed E-state index contributed by atoms with van der Waals surface area (Å²) in [5, 5.41) is 28.4. The lowest BCUT2D eigenvalue weighted by Crippen LogP contribution is -2.63. The van der Waals surface area contributed by atoms with Gasteiger partial charge in [-0.25, -0.2) is 13.6 Å². The summed E-state index contributed by atoms with van der Waals surface area (Å²) in [5.41, 5.74) is -1.42. The van der Waals surface area contributed by atoms with Crippen LogP contribution >= 0.6 is 7.82 Å². The number of aliphatic hydroxyl groups is 3. The van der Waals surface area contributed by atoms with Crippen molar-refractivity contribution in [2.75, 3.05) is 19.8 Å². The Morgan fingerprint density at radius 2 is 1.74 bits per heavy atom. The second-order valence-corrected chi connectivity index (χ2v) is 6.61. The van der Waals surface area contributed by atoms with Gasteiger partial charge in [-0.15, -0.1) is 0 Å². The molecule has 0 spiro atoms. The first-order chi connectivity index (χ1) is 9.01. The molecule has 3 heterocycles. The van der Waals surface area contributed by atoms with Crippen molar-refractivity contribution >= 4 is 7.82 Å². The molecule has 0 aliphatic carbocycles. The molecule has 3 rings (SSSR count). The summed E-state index contributed by atoms with van der Waals surface area (Å²) < 4.78 is 27.5. The zero-order valence-electron chi connectivity index (χ0n) is 10.9. The molecule has 3 aliphatic rings. The summed E-state index contributed by atoms with van der Waals surface area (Å²) in [6.07, 6.45) is 2.72. The third-order valence-corrected chi connectivity index (χ3v) is 5.39. The number of phosphoric acid groups is 1. The molecule has 0 aromatic rings. The van der Waals surface area contributed by atoms with E-state index in [9.17, 15) is 19.9 Å². The Kier molecular flexibility index (Phi) is 4.38. The minimum absolute atomic E-state index is 0.541. The first-order valence-corrected chi connectivity index (χ1v) is 8.00. The Hall–Kier alpha value is -0.0100. The zero-order valence-corrected chi connectivity index (χ0v) is 11.8. The van der Waals surface area contributed by atoms with Gasteiger partial charge >= 0.3 is 7.82 Å². The van der Waals surface area contributed by atoms with Gasteiger partial charge in [-0.3, -0.25) is 4.52 Å². The molecule has 3 saturated heterocycles. The largest absolute Gasteiger partial charge is 0.480 e. The van der Waals surface area contributed by atoms with Gasteiger partial charge in [0.15, 0.2) is 0 Å². The van der Waals surface area contributed by atoms with E-state index in [1.165, 1.54) is 0 Å². The van der Waals surface area contributed by atoms with Crippen LogP contribution in [0.3, 0.4) is 0 Å². The molecule has 1 atom stereocenters. The predicted octanol–water partition coefficient (Wildman–Crippen LogP) is 0.780. The van der Waals surface area contributed by atoms with Gasteiger partial charge in [0.05, 0.1) is 25.2 Å². The van der Waals surface area contributed by atoms with Crippen molar-refractivity contribution in [1.82, 2.24) is 0 Å². The highest BCUT2D eigenvalue weighted by Gasteiger charge is 2.78. The van der Waals surface area contributed by atoms with Crippen LogP contribution < -0.4 is 0 Å². The van der Waals surface area contributed by atoms with Crippen molar-refractivity contribution in [2.45, 2.75) is 44.5 Å². The fraction of sp³-hybridized carbons (Fsp3) is 1.00. The van der Waals surface area contributed by atoms with E-state index in [0.29, 0.717) is 6.42 Å². The number of aliphatic hydroxyl groups excluding tert-OH is 3. The Bertz CT molecular complexity index is 350. The third kappa shape index (κ3) is 2.17. The average Bonchev–Trinajstić information content (AvgIpc) is 2.81. The summed E-state index contributed by atoms with van der Waals surface area (Å²) in [7, 11) is -3.54. The molecule has 3 aliphatic heterocycles. The van der Waals surface area contributed by atoms with Gasteiger partial charge in [-0.2, -0.15) is 0 Å². The summed E-state index contributed by atoms with van der Waals surface area (Å²) >= 11 is 0. The Morgan fingerprint density at radius 3 is 2.21 bits per heavy atom. The Morgan fingerprint density at radius 1 is 1.16 bits per heavy atom. The monoisotopic (exact) mass is 296 g/mol. The first-order valence-electron chi connectivity index (χ1n) is 6.54. The van der Waals surface area contributed by atoms with Gasteiger partial charge in [0.25, 0.3) is 0 Å². The highest BCUT2D eigenvalue weighted by molar-refractivity contribution is 7.50. The van der Waals surface area contributed by atoms with Crippen LogP contribution in [0.2, 0.25) is 0 Å². The van der Waals surface area contributed by atoms with Crippen LogP contribution in [0.15, 0.2) is 0 Å². The second-order valence-electron chi connectivity index (χ2n) is 5.14. The molecule has 1 unspecified atom stereocenters. The highest BCUT2D eigenvalue weighted by Crippen LogP contribution is 2.78. The van der Waals surface area contributed by atoms with E-state index in [4.69, 9.17) is 13.6 Å². The SMILES string of the molecule is CCCCCC1OP2(=O)OC1(C(CO)(CO)CO)O2. The lowest BCUT2D eigenvalue weighted by atomic mass is 9.77. The number of unbranched alkanes of at least 4 members (excludes halogenated alkanes) is 2. The Balaban J connectivity index is 2.18. The first kappa shape index (κ1) is 15.4. The number of rotatable bonds is 8. The maximum absolute atomic E-state index is 11.8. The fourth-order valence-corrected chi connectivity index (χ4v) is 4.51. The zero-order chi connectivity index (χ0) is 14.1. The van der Waals surface area contributed by atoms with Crippen LogP contribution in [0.1, 0.15) is 32.6 Å². The van der Waals surface area contributed by atoms with Gasteiger partial charge < -0.3 is 15.3 Å². The average molecular weight is 296 g/mol. The molecule has 3 fully saturated rings. The molecule has 8 heteroatoms. The van der Waals surface area contributed by atoms with E-state index in [-0.39, 0.29) is 0 Å². The van der Waals surface area contributed by atoms with Gasteiger partial charge in [0.2, 0.25) is 5.79 Å². The summed E-state index contributed by atoms with van der Waals surface area (Å²) in [6, 6.07) is 0. The molecule has 7 nitrogen and oxygen atoms in total. The molecule has 3 N–H and O–H groups in total. The number of hydrogen-bond donors (Lipinski definition) is 3. The highest BCUT2D eigenvalue weighted by atomic mass is 31.2. The van der Waals surface area contributed by atoms with Gasteiger partial charge in [-0.1, -0.05) is 26.2 Å². The van der Waals surface area contributed by atoms with Gasteiger partial charge in [0.1, 0.15) is 6.10 Å². The number of phosphoric ester groups is 1. The normalized spacial score (nSPS) is 37.4. The smallest absolute Gasteiger partial charge is 0.395 e. The molecule has 0 amide bonds. The quantitative estimate of drug-likeness (QED) is 0.449. The standard InChI is InChI=1S/C11H21O7P/c1-2-3-4-5-9-11(10(6-12,7-13)8-14)17-19(15,16-9)18-11/h9,12-14H,2-8H2,1H3. The van der Waals surface area contributed by atoms with Crippen molar-refractivity contribution in [1.29, 1.82) is 0 Å². The van der Waals surface area contributed by atoms with E-state index in [1.54, 1.807) is 0 Å². The summed E-state index contributed by atoms with van der Waals surface area (Å²) in [6.45, 7) is 0.411. The van der Waals surface area contributed by atoms with E-state index in [1.807, 2.05) is 0 Å². The summed E-state index contributed by atoms with van der Waals surface area (Å²) in [5.74, 6) is -1.51. The van der Waals surface area contributed by atoms with Crippen LogP contribution in [0.4, 0.5) is 0 Å². The van der Waals surface area contributed by atoms with Crippen LogP contribution in [0.5, 0.6) is 0 Å². The van der Waals surface area contributed by atoms with Crippen molar-refractivity contribution in [2.24, 2.45) is 5.41 Å². The molecule has 0 aromatic carbocycles. The predicted molar refractivity (Wildman–Crippen MR) is 65.2 cm³/mol. The number of fused-ring (bicyclic) bond motifs is 1. The minimum atomic E-state index is -3.54. The molecule has 19 heavy (non-hydrogen) atoms. The van der Waals surface area contributed by atoms with Gasteiger partial charge in [0, 0.05) is 0 Å². The molecule has 0 aromatic heterocycles. The second kappa shape index (κ2) is 5.41.